The molecule has 0 spiro atoms. The van der Waals surface area contributed by atoms with Crippen LogP contribution in [0.2, 0.25) is 0 Å². The van der Waals surface area contributed by atoms with Crippen LogP contribution >= 0.6 is 0 Å². The van der Waals surface area contributed by atoms with Gasteiger partial charge in [0.1, 0.15) is 0 Å². The third-order valence-electron chi connectivity index (χ3n) is 4.17. The topological polar surface area (TPSA) is 24.5 Å². The molecule has 1 saturated heterocycles. The maximum Gasteiger partial charge on any atom is 0.0716 e. The molecule has 1 aliphatic rings. The van der Waals surface area contributed by atoms with Crippen molar-refractivity contribution in [3.8, 4) is 0 Å². The molecular weight excluding hydrogens is 236 g/mol. The zero-order chi connectivity index (χ0) is 13.7. The van der Waals surface area contributed by atoms with Gasteiger partial charge in [-0.05, 0) is 50.1 Å². The van der Waals surface area contributed by atoms with Crippen LogP contribution < -0.4 is 5.32 Å². The Morgan fingerprint density at radius 2 is 2.16 bits per heavy atom. The highest BCUT2D eigenvalue weighted by Gasteiger charge is 2.34. The first-order valence-electron chi connectivity index (χ1n) is 7.27. The van der Waals surface area contributed by atoms with Crippen LogP contribution in [0.15, 0.2) is 24.3 Å². The van der Waals surface area contributed by atoms with Crippen molar-refractivity contribution in [2.24, 2.45) is 5.92 Å². The van der Waals surface area contributed by atoms with E-state index in [0.717, 1.165) is 13.1 Å². The highest BCUT2D eigenvalue weighted by atomic mass is 16.5. The van der Waals surface area contributed by atoms with Crippen LogP contribution in [-0.2, 0) is 11.3 Å². The number of likely N-dealkylation sites (tertiary alicyclic amines) is 1. The van der Waals surface area contributed by atoms with E-state index >= 15 is 0 Å². The normalized spacial score (nSPS) is 23.9. The smallest absolute Gasteiger partial charge is 0.0716 e. The van der Waals surface area contributed by atoms with Crippen molar-refractivity contribution in [2.75, 3.05) is 33.8 Å². The summed E-state index contributed by atoms with van der Waals surface area (Å²) in [4.78, 5) is 2.59. The van der Waals surface area contributed by atoms with Gasteiger partial charge in [-0.1, -0.05) is 31.2 Å². The van der Waals surface area contributed by atoms with Crippen molar-refractivity contribution in [1.82, 2.24) is 10.2 Å². The summed E-state index contributed by atoms with van der Waals surface area (Å²) >= 11 is 0. The molecule has 1 aliphatic heterocycles. The second kappa shape index (κ2) is 7.04. The minimum absolute atomic E-state index is 0.531. The number of hydrogen-bond acceptors (Lipinski definition) is 3. The summed E-state index contributed by atoms with van der Waals surface area (Å²) in [7, 11) is 3.82. The summed E-state index contributed by atoms with van der Waals surface area (Å²) in [5.74, 6) is 0.697. The Kier molecular flexibility index (Phi) is 5.37. The van der Waals surface area contributed by atoms with Gasteiger partial charge in [-0.15, -0.1) is 0 Å². The number of nitrogens with one attached hydrogen (secondary N) is 1. The predicted molar refractivity (Wildman–Crippen MR) is 79.2 cm³/mol. The summed E-state index contributed by atoms with van der Waals surface area (Å²) in [6, 6.07) is 9.26. The average Bonchev–Trinajstić information content (AvgIpc) is 2.83. The zero-order valence-corrected chi connectivity index (χ0v) is 12.4. The number of benzene rings is 1. The van der Waals surface area contributed by atoms with E-state index in [1.165, 1.54) is 24.1 Å². The third kappa shape index (κ3) is 3.16. The molecule has 1 N–H and O–H groups in total. The molecule has 106 valence electrons. The Bertz CT molecular complexity index is 394. The lowest BCUT2D eigenvalue weighted by molar-refractivity contribution is 0.179. The van der Waals surface area contributed by atoms with Crippen LogP contribution in [0.1, 0.15) is 30.5 Å². The highest BCUT2D eigenvalue weighted by molar-refractivity contribution is 5.31. The fraction of sp³-hybridized carbons (Fsp3) is 0.625. The number of rotatable bonds is 6. The first-order chi connectivity index (χ1) is 9.31. The molecule has 0 bridgehead atoms. The average molecular weight is 262 g/mol. The summed E-state index contributed by atoms with van der Waals surface area (Å²) in [5.41, 5.74) is 2.78. The minimum Gasteiger partial charge on any atom is -0.380 e. The van der Waals surface area contributed by atoms with Crippen LogP contribution in [0.3, 0.4) is 0 Å². The van der Waals surface area contributed by atoms with Gasteiger partial charge in [0.25, 0.3) is 0 Å². The van der Waals surface area contributed by atoms with Gasteiger partial charge in [0.15, 0.2) is 0 Å². The zero-order valence-electron chi connectivity index (χ0n) is 12.4. The molecule has 0 aromatic heterocycles. The Morgan fingerprint density at radius 3 is 2.84 bits per heavy atom. The molecule has 19 heavy (non-hydrogen) atoms. The fourth-order valence-corrected chi connectivity index (χ4v) is 3.32. The molecule has 2 unspecified atom stereocenters. The molecular formula is C16H26N2O. The van der Waals surface area contributed by atoms with E-state index in [9.17, 15) is 0 Å². The molecule has 0 saturated carbocycles. The summed E-state index contributed by atoms with van der Waals surface area (Å²) in [6.07, 6.45) is 1.28. The van der Waals surface area contributed by atoms with Gasteiger partial charge < -0.3 is 10.1 Å². The highest BCUT2D eigenvalue weighted by Crippen LogP contribution is 2.38. The lowest BCUT2D eigenvalue weighted by atomic mass is 9.90. The predicted octanol–water partition coefficient (Wildman–Crippen LogP) is 2.44. The molecule has 0 amide bonds. The summed E-state index contributed by atoms with van der Waals surface area (Å²) < 4.78 is 5.36. The minimum atomic E-state index is 0.531. The van der Waals surface area contributed by atoms with Gasteiger partial charge in [-0.2, -0.15) is 0 Å². The summed E-state index contributed by atoms with van der Waals surface area (Å²) in [5, 5.41) is 3.35. The first kappa shape index (κ1) is 14.5. The van der Waals surface area contributed by atoms with E-state index in [1.807, 2.05) is 7.05 Å². The summed E-state index contributed by atoms with van der Waals surface area (Å²) in [6.45, 7) is 6.37. The van der Waals surface area contributed by atoms with Crippen LogP contribution in [0.5, 0.6) is 0 Å². The maximum atomic E-state index is 5.36. The van der Waals surface area contributed by atoms with E-state index in [4.69, 9.17) is 4.74 Å². The molecule has 3 heteroatoms. The number of methoxy groups -OCH3 is 1. The molecule has 0 aliphatic carbocycles. The van der Waals surface area contributed by atoms with Crippen LogP contribution in [0, 0.1) is 5.92 Å². The SMILES string of the molecule is CCN1CCC(CNC)C1c1ccccc1COC. The van der Waals surface area contributed by atoms with Gasteiger partial charge in [0.05, 0.1) is 6.61 Å². The molecule has 2 rings (SSSR count). The quantitative estimate of drug-likeness (QED) is 0.852. The van der Waals surface area contributed by atoms with E-state index in [-0.39, 0.29) is 0 Å². The Hall–Kier alpha value is -0.900. The van der Waals surface area contributed by atoms with Crippen molar-refractivity contribution in [3.63, 3.8) is 0 Å². The number of nitrogens with zero attached hydrogens (tertiary/aromatic N) is 1. The largest absolute Gasteiger partial charge is 0.380 e. The lowest BCUT2D eigenvalue weighted by Gasteiger charge is -2.29. The standard InChI is InChI=1S/C16H26N2O/c1-4-18-10-9-13(11-17-2)16(18)15-8-6-5-7-14(15)12-19-3/h5-8,13,16-17H,4,9-12H2,1-3H3. The van der Waals surface area contributed by atoms with Gasteiger partial charge in [0.2, 0.25) is 0 Å². The monoisotopic (exact) mass is 262 g/mol. The molecule has 1 aromatic carbocycles. The maximum absolute atomic E-state index is 5.36. The van der Waals surface area contributed by atoms with Crippen molar-refractivity contribution < 1.29 is 4.74 Å². The third-order valence-corrected chi connectivity index (χ3v) is 4.17. The molecule has 1 fully saturated rings. The number of ether oxygens (including phenoxy) is 1. The molecule has 3 nitrogen and oxygen atoms in total. The molecule has 1 aromatic rings. The Labute approximate surface area is 116 Å². The van der Waals surface area contributed by atoms with Crippen LogP contribution in [-0.4, -0.2) is 38.7 Å². The van der Waals surface area contributed by atoms with Crippen LogP contribution in [0.4, 0.5) is 0 Å². The first-order valence-corrected chi connectivity index (χ1v) is 7.27. The van der Waals surface area contributed by atoms with Gasteiger partial charge in [-0.25, -0.2) is 0 Å². The van der Waals surface area contributed by atoms with Gasteiger partial charge in [0, 0.05) is 13.2 Å². The fourth-order valence-electron chi connectivity index (χ4n) is 3.32. The lowest BCUT2D eigenvalue weighted by Crippen LogP contribution is -2.29. The van der Waals surface area contributed by atoms with Crippen molar-refractivity contribution >= 4 is 0 Å². The van der Waals surface area contributed by atoms with Gasteiger partial charge in [-0.3, -0.25) is 4.90 Å². The van der Waals surface area contributed by atoms with Crippen molar-refractivity contribution in [1.29, 1.82) is 0 Å². The number of hydrogen-bond donors (Lipinski definition) is 1. The van der Waals surface area contributed by atoms with Crippen LogP contribution in [0.25, 0.3) is 0 Å². The Balaban J connectivity index is 2.29. The van der Waals surface area contributed by atoms with Crippen molar-refractivity contribution in [2.45, 2.75) is 26.0 Å². The van der Waals surface area contributed by atoms with E-state index in [1.54, 1.807) is 7.11 Å². The molecule has 1 heterocycles. The van der Waals surface area contributed by atoms with E-state index < -0.39 is 0 Å². The second-order valence-corrected chi connectivity index (χ2v) is 5.31. The molecule has 2 atom stereocenters. The van der Waals surface area contributed by atoms with Crippen molar-refractivity contribution in [3.05, 3.63) is 35.4 Å². The van der Waals surface area contributed by atoms with Gasteiger partial charge >= 0.3 is 0 Å². The molecule has 0 radical (unpaired) electrons. The van der Waals surface area contributed by atoms with E-state index in [0.29, 0.717) is 18.6 Å². The van der Waals surface area contributed by atoms with E-state index in [2.05, 4.69) is 41.4 Å². The Morgan fingerprint density at radius 1 is 1.37 bits per heavy atom. The second-order valence-electron chi connectivity index (χ2n) is 5.31.